The minimum absolute atomic E-state index is 0.0683. The summed E-state index contributed by atoms with van der Waals surface area (Å²) >= 11 is 0. The summed E-state index contributed by atoms with van der Waals surface area (Å²) in [7, 11) is -3.85. The van der Waals surface area contributed by atoms with E-state index in [0.717, 1.165) is 16.9 Å². The van der Waals surface area contributed by atoms with Gasteiger partial charge in [0.25, 0.3) is 15.9 Å². The van der Waals surface area contributed by atoms with Crippen molar-refractivity contribution >= 4 is 21.6 Å². The molecule has 0 aromatic heterocycles. The van der Waals surface area contributed by atoms with Crippen molar-refractivity contribution in [1.82, 2.24) is 5.32 Å². The summed E-state index contributed by atoms with van der Waals surface area (Å²) in [4.78, 5) is 12.7. The molecular weight excluding hydrogens is 436 g/mol. The van der Waals surface area contributed by atoms with Crippen molar-refractivity contribution < 1.29 is 17.9 Å². The molecule has 1 amide bonds. The number of sulfonamides is 1. The molecule has 0 spiro atoms. The van der Waals surface area contributed by atoms with E-state index in [2.05, 4.69) is 23.9 Å². The Labute approximate surface area is 196 Å². The van der Waals surface area contributed by atoms with Gasteiger partial charge in [0.2, 0.25) is 0 Å². The third kappa shape index (κ3) is 6.35. The molecule has 0 aliphatic carbocycles. The molecule has 3 aromatic carbocycles. The number of aryl methyl sites for hydroxylation is 2. The number of rotatable bonds is 9. The molecule has 3 rings (SSSR count). The van der Waals surface area contributed by atoms with Gasteiger partial charge >= 0.3 is 0 Å². The minimum atomic E-state index is -3.85. The summed E-state index contributed by atoms with van der Waals surface area (Å²) in [5.41, 5.74) is 3.35. The zero-order valence-electron chi connectivity index (χ0n) is 19.4. The van der Waals surface area contributed by atoms with Gasteiger partial charge in [-0.2, -0.15) is 0 Å². The molecule has 3 aromatic rings. The lowest BCUT2D eigenvalue weighted by molar-refractivity contribution is 0.0946. The monoisotopic (exact) mass is 466 g/mol. The Morgan fingerprint density at radius 2 is 1.73 bits per heavy atom. The fraction of sp³-hybridized carbons (Fsp3) is 0.269. The average molecular weight is 467 g/mol. The van der Waals surface area contributed by atoms with E-state index >= 15 is 0 Å². The van der Waals surface area contributed by atoms with Gasteiger partial charge in [0.1, 0.15) is 12.4 Å². The number of carbonyl (C=O) groups excluding carboxylic acids is 1. The molecule has 0 saturated carbocycles. The zero-order chi connectivity index (χ0) is 24.0. The van der Waals surface area contributed by atoms with E-state index in [1.807, 2.05) is 37.3 Å². The molecule has 0 fully saturated rings. The maximum absolute atomic E-state index is 12.9. The van der Waals surface area contributed by atoms with Crippen LogP contribution in [-0.4, -0.2) is 27.5 Å². The number of benzene rings is 3. The van der Waals surface area contributed by atoms with Crippen LogP contribution >= 0.6 is 0 Å². The third-order valence-electron chi connectivity index (χ3n) is 5.20. The van der Waals surface area contributed by atoms with E-state index in [0.29, 0.717) is 30.3 Å². The molecule has 0 atom stereocenters. The number of ether oxygens (including phenoxy) is 1. The number of amides is 1. The van der Waals surface area contributed by atoms with Crippen LogP contribution in [0.15, 0.2) is 71.6 Å². The standard InChI is InChI=1S/C26H30N2O4S/c1-18(2)23-10-5-6-11-24(23)32-15-14-27-26(29)21-13-12-20(4)25(17-21)33(30,31)28-22-9-7-8-19(3)16-22/h5-13,16-18,28H,14-15H2,1-4H3,(H,27,29). The zero-order valence-corrected chi connectivity index (χ0v) is 20.2. The van der Waals surface area contributed by atoms with Crippen LogP contribution in [0.4, 0.5) is 5.69 Å². The highest BCUT2D eigenvalue weighted by molar-refractivity contribution is 7.92. The molecule has 0 bridgehead atoms. The van der Waals surface area contributed by atoms with Crippen LogP contribution in [-0.2, 0) is 10.0 Å². The van der Waals surface area contributed by atoms with Crippen molar-refractivity contribution in [2.24, 2.45) is 0 Å². The van der Waals surface area contributed by atoms with E-state index in [9.17, 15) is 13.2 Å². The molecule has 0 saturated heterocycles. The molecule has 0 aliphatic rings. The number of nitrogens with one attached hydrogen (secondary N) is 2. The molecule has 7 heteroatoms. The van der Waals surface area contributed by atoms with Gasteiger partial charge in [0, 0.05) is 11.3 Å². The predicted molar refractivity (Wildman–Crippen MR) is 132 cm³/mol. The van der Waals surface area contributed by atoms with Gasteiger partial charge in [-0.15, -0.1) is 0 Å². The SMILES string of the molecule is Cc1cccc(NS(=O)(=O)c2cc(C(=O)NCCOc3ccccc3C(C)C)ccc2C)c1. The number of carbonyl (C=O) groups is 1. The van der Waals surface area contributed by atoms with Crippen molar-refractivity contribution in [3.8, 4) is 5.75 Å². The first kappa shape index (κ1) is 24.3. The van der Waals surface area contributed by atoms with Crippen molar-refractivity contribution in [3.63, 3.8) is 0 Å². The fourth-order valence-corrected chi connectivity index (χ4v) is 4.79. The highest BCUT2D eigenvalue weighted by atomic mass is 32.2. The summed E-state index contributed by atoms with van der Waals surface area (Å²) in [5, 5.41) is 2.79. The fourth-order valence-electron chi connectivity index (χ4n) is 3.47. The lowest BCUT2D eigenvalue weighted by atomic mass is 10.0. The van der Waals surface area contributed by atoms with Crippen molar-refractivity contribution in [3.05, 3.63) is 89.0 Å². The van der Waals surface area contributed by atoms with Crippen molar-refractivity contribution in [2.75, 3.05) is 17.9 Å². The largest absolute Gasteiger partial charge is 0.491 e. The Morgan fingerprint density at radius 3 is 2.45 bits per heavy atom. The summed E-state index contributed by atoms with van der Waals surface area (Å²) in [5.74, 6) is 0.771. The molecule has 6 nitrogen and oxygen atoms in total. The number of hydrogen-bond donors (Lipinski definition) is 2. The molecule has 0 unspecified atom stereocenters. The topological polar surface area (TPSA) is 84.5 Å². The van der Waals surface area contributed by atoms with Crippen LogP contribution in [0.1, 0.15) is 46.8 Å². The van der Waals surface area contributed by atoms with Crippen LogP contribution in [0.25, 0.3) is 0 Å². The second-order valence-corrected chi connectivity index (χ2v) is 9.90. The Bertz CT molecular complexity index is 1240. The smallest absolute Gasteiger partial charge is 0.262 e. The van der Waals surface area contributed by atoms with Gasteiger partial charge in [0.05, 0.1) is 11.4 Å². The second kappa shape index (κ2) is 10.5. The maximum atomic E-state index is 12.9. The molecule has 2 N–H and O–H groups in total. The maximum Gasteiger partial charge on any atom is 0.262 e. The quantitative estimate of drug-likeness (QED) is 0.433. The summed E-state index contributed by atoms with van der Waals surface area (Å²) < 4.78 is 34.3. The van der Waals surface area contributed by atoms with Crippen LogP contribution in [0, 0.1) is 13.8 Å². The predicted octanol–water partition coefficient (Wildman–Crippen LogP) is 5.04. The van der Waals surface area contributed by atoms with Gasteiger partial charge in [-0.05, 0) is 66.8 Å². The average Bonchev–Trinajstić information content (AvgIpc) is 2.76. The molecule has 0 aliphatic heterocycles. The first-order valence-electron chi connectivity index (χ1n) is 10.9. The van der Waals surface area contributed by atoms with Gasteiger partial charge in [-0.3, -0.25) is 9.52 Å². The molecule has 0 heterocycles. The lowest BCUT2D eigenvalue weighted by Crippen LogP contribution is -2.28. The first-order valence-corrected chi connectivity index (χ1v) is 12.4. The summed E-state index contributed by atoms with van der Waals surface area (Å²) in [6.45, 7) is 8.39. The van der Waals surface area contributed by atoms with E-state index < -0.39 is 10.0 Å². The highest BCUT2D eigenvalue weighted by Gasteiger charge is 2.19. The third-order valence-corrected chi connectivity index (χ3v) is 6.72. The van der Waals surface area contributed by atoms with Gasteiger partial charge < -0.3 is 10.1 Å². The van der Waals surface area contributed by atoms with E-state index in [1.54, 1.807) is 37.3 Å². The van der Waals surface area contributed by atoms with Crippen LogP contribution < -0.4 is 14.8 Å². The normalized spacial score (nSPS) is 11.3. The highest BCUT2D eigenvalue weighted by Crippen LogP contribution is 2.25. The van der Waals surface area contributed by atoms with E-state index in [-0.39, 0.29) is 16.4 Å². The van der Waals surface area contributed by atoms with Crippen molar-refractivity contribution in [1.29, 1.82) is 0 Å². The Morgan fingerprint density at radius 1 is 0.970 bits per heavy atom. The summed E-state index contributed by atoms with van der Waals surface area (Å²) in [6.07, 6.45) is 0. The van der Waals surface area contributed by atoms with E-state index in [1.165, 1.54) is 6.07 Å². The second-order valence-electron chi connectivity index (χ2n) is 8.25. The van der Waals surface area contributed by atoms with Crippen molar-refractivity contribution in [2.45, 2.75) is 38.5 Å². The van der Waals surface area contributed by atoms with Gasteiger partial charge in [-0.1, -0.05) is 50.2 Å². The number of anilines is 1. The Balaban J connectivity index is 1.65. The van der Waals surface area contributed by atoms with E-state index in [4.69, 9.17) is 4.74 Å². The molecule has 0 radical (unpaired) electrons. The molecule has 33 heavy (non-hydrogen) atoms. The number of para-hydroxylation sites is 1. The van der Waals surface area contributed by atoms with Gasteiger partial charge in [-0.25, -0.2) is 8.42 Å². The summed E-state index contributed by atoms with van der Waals surface area (Å²) in [6, 6.07) is 19.6. The van der Waals surface area contributed by atoms with Crippen LogP contribution in [0.5, 0.6) is 5.75 Å². The van der Waals surface area contributed by atoms with Gasteiger partial charge in [0.15, 0.2) is 0 Å². The molecular formula is C26H30N2O4S. The lowest BCUT2D eigenvalue weighted by Gasteiger charge is -2.14. The Hall–Kier alpha value is -3.32. The minimum Gasteiger partial charge on any atom is -0.491 e. The number of hydrogen-bond acceptors (Lipinski definition) is 4. The Kier molecular flexibility index (Phi) is 7.76. The van der Waals surface area contributed by atoms with Crippen LogP contribution in [0.2, 0.25) is 0 Å². The molecule has 174 valence electrons. The first-order chi connectivity index (χ1) is 15.7. The van der Waals surface area contributed by atoms with Crippen LogP contribution in [0.3, 0.4) is 0 Å².